The fourth-order valence-corrected chi connectivity index (χ4v) is 3.50. The average Bonchev–Trinajstić information content (AvgIpc) is 2.82. The molecule has 1 amide bonds. The monoisotopic (exact) mass is 284 g/mol. The molecule has 22 heavy (non-hydrogen) atoms. The smallest absolute Gasteiger partial charge is 0.265 e. The fraction of sp³-hybridized carbons (Fsp3) is 0.0526. The minimum absolute atomic E-state index is 0.0221. The van der Waals surface area contributed by atoms with Crippen LogP contribution in [0.2, 0.25) is 0 Å². The number of nitrogens with zero attached hydrogens (tertiary/aromatic N) is 2. The molecule has 0 spiro atoms. The molecular weight excluding hydrogens is 272 g/mol. The van der Waals surface area contributed by atoms with Crippen molar-refractivity contribution in [3.8, 4) is 0 Å². The molecular formula is C19H12N2O. The first-order valence-electron chi connectivity index (χ1n) is 7.30. The van der Waals surface area contributed by atoms with Gasteiger partial charge >= 0.3 is 0 Å². The molecule has 0 fully saturated rings. The van der Waals surface area contributed by atoms with Crippen LogP contribution in [0.1, 0.15) is 21.5 Å². The van der Waals surface area contributed by atoms with E-state index in [1.165, 1.54) is 0 Å². The van der Waals surface area contributed by atoms with Crippen molar-refractivity contribution in [3.63, 3.8) is 0 Å². The molecule has 2 aliphatic rings. The number of hydrogen-bond acceptors (Lipinski definition) is 2. The highest BCUT2D eigenvalue weighted by Gasteiger charge is 2.38. The van der Waals surface area contributed by atoms with Crippen LogP contribution in [0.25, 0.3) is 10.8 Å². The van der Waals surface area contributed by atoms with Crippen LogP contribution < -0.4 is 4.90 Å². The molecule has 3 aromatic carbocycles. The number of benzene rings is 3. The Balaban J connectivity index is 1.92. The van der Waals surface area contributed by atoms with Gasteiger partial charge in [0.1, 0.15) is 5.84 Å². The van der Waals surface area contributed by atoms with Gasteiger partial charge < -0.3 is 0 Å². The Morgan fingerprint density at radius 1 is 0.955 bits per heavy atom. The van der Waals surface area contributed by atoms with Crippen molar-refractivity contribution in [3.05, 3.63) is 71.3 Å². The van der Waals surface area contributed by atoms with Gasteiger partial charge in [-0.05, 0) is 30.0 Å². The second-order valence-electron chi connectivity index (χ2n) is 5.73. The number of anilines is 1. The summed E-state index contributed by atoms with van der Waals surface area (Å²) in [5, 5.41) is 2.16. The zero-order valence-electron chi connectivity index (χ0n) is 12.0. The Morgan fingerprint density at radius 3 is 2.59 bits per heavy atom. The van der Waals surface area contributed by atoms with Crippen molar-refractivity contribution in [2.24, 2.45) is 4.99 Å². The van der Waals surface area contributed by atoms with Crippen LogP contribution in [0.3, 0.4) is 0 Å². The van der Waals surface area contributed by atoms with Gasteiger partial charge in [0.05, 0.1) is 16.9 Å². The third kappa shape index (κ3) is 1.26. The molecule has 3 nitrogen and oxygen atoms in total. The predicted octanol–water partition coefficient (Wildman–Crippen LogP) is 4.20. The first kappa shape index (κ1) is 11.7. The summed E-state index contributed by atoms with van der Waals surface area (Å²) in [6.45, 7) is 1.98. The number of carbonyl (C=O) groups excluding carboxylic acids is 1. The van der Waals surface area contributed by atoms with E-state index in [4.69, 9.17) is 4.99 Å². The molecule has 104 valence electrons. The van der Waals surface area contributed by atoms with Gasteiger partial charge in [0.15, 0.2) is 0 Å². The topological polar surface area (TPSA) is 32.7 Å². The van der Waals surface area contributed by atoms with E-state index in [-0.39, 0.29) is 5.91 Å². The van der Waals surface area contributed by atoms with Crippen LogP contribution in [0.5, 0.6) is 0 Å². The minimum atomic E-state index is 0.0221. The maximum Gasteiger partial charge on any atom is 0.265 e. The molecule has 0 saturated carbocycles. The van der Waals surface area contributed by atoms with Crippen molar-refractivity contribution in [2.75, 3.05) is 4.90 Å². The lowest BCUT2D eigenvalue weighted by molar-refractivity contribution is 0.101. The molecule has 0 aromatic heterocycles. The van der Waals surface area contributed by atoms with Gasteiger partial charge in [0.2, 0.25) is 0 Å². The Kier molecular flexibility index (Phi) is 2.03. The van der Waals surface area contributed by atoms with E-state index in [0.29, 0.717) is 0 Å². The second kappa shape index (κ2) is 3.83. The third-order valence-electron chi connectivity index (χ3n) is 4.47. The summed E-state index contributed by atoms with van der Waals surface area (Å²) in [6.07, 6.45) is 0. The number of rotatable bonds is 0. The first-order chi connectivity index (χ1) is 10.8. The van der Waals surface area contributed by atoms with E-state index in [1.807, 2.05) is 49.4 Å². The van der Waals surface area contributed by atoms with Crippen LogP contribution in [0.15, 0.2) is 59.6 Å². The van der Waals surface area contributed by atoms with Gasteiger partial charge in [-0.15, -0.1) is 0 Å². The van der Waals surface area contributed by atoms with Crippen molar-refractivity contribution in [2.45, 2.75) is 6.92 Å². The number of carbonyl (C=O) groups is 1. The molecule has 3 heteroatoms. The largest absolute Gasteiger partial charge is 0.268 e. The van der Waals surface area contributed by atoms with E-state index in [1.54, 1.807) is 4.90 Å². The first-order valence-corrected chi connectivity index (χ1v) is 7.30. The van der Waals surface area contributed by atoms with Crippen LogP contribution in [0, 0.1) is 6.92 Å². The van der Waals surface area contributed by atoms with Crippen molar-refractivity contribution >= 4 is 33.9 Å². The van der Waals surface area contributed by atoms with Crippen LogP contribution >= 0.6 is 0 Å². The number of hydrogen-bond donors (Lipinski definition) is 0. The summed E-state index contributed by atoms with van der Waals surface area (Å²) in [4.78, 5) is 19.5. The second-order valence-corrected chi connectivity index (χ2v) is 5.73. The fourth-order valence-electron chi connectivity index (χ4n) is 3.50. The van der Waals surface area contributed by atoms with Gasteiger partial charge in [0, 0.05) is 10.9 Å². The Bertz CT molecular complexity index is 1010. The summed E-state index contributed by atoms with van der Waals surface area (Å²) in [5.41, 5.74) is 4.55. The van der Waals surface area contributed by atoms with E-state index in [0.717, 1.165) is 44.7 Å². The molecule has 0 aliphatic carbocycles. The quantitative estimate of drug-likeness (QED) is 0.609. The van der Waals surface area contributed by atoms with E-state index < -0.39 is 0 Å². The number of fused-ring (bicyclic) bond motifs is 4. The Morgan fingerprint density at radius 2 is 1.73 bits per heavy atom. The van der Waals surface area contributed by atoms with E-state index in [9.17, 15) is 4.79 Å². The Labute approximate surface area is 127 Å². The molecule has 0 atom stereocenters. The number of amides is 1. The predicted molar refractivity (Wildman–Crippen MR) is 88.1 cm³/mol. The van der Waals surface area contributed by atoms with E-state index in [2.05, 4.69) is 12.1 Å². The summed E-state index contributed by atoms with van der Waals surface area (Å²) >= 11 is 0. The average molecular weight is 284 g/mol. The highest BCUT2D eigenvalue weighted by Crippen LogP contribution is 2.43. The zero-order valence-corrected chi connectivity index (χ0v) is 12.0. The lowest BCUT2D eigenvalue weighted by atomic mass is 10.0. The van der Waals surface area contributed by atoms with Gasteiger partial charge in [-0.25, -0.2) is 4.99 Å². The number of aryl methyl sites for hydroxylation is 1. The summed E-state index contributed by atoms with van der Waals surface area (Å²) in [7, 11) is 0. The number of amidine groups is 1. The van der Waals surface area contributed by atoms with Crippen molar-refractivity contribution in [1.82, 2.24) is 0 Å². The molecule has 0 unspecified atom stereocenters. The van der Waals surface area contributed by atoms with Crippen LogP contribution in [-0.4, -0.2) is 11.7 Å². The molecule has 0 bridgehead atoms. The van der Waals surface area contributed by atoms with Gasteiger partial charge in [0.25, 0.3) is 5.91 Å². The lowest BCUT2D eigenvalue weighted by Crippen LogP contribution is -2.31. The van der Waals surface area contributed by atoms with Crippen molar-refractivity contribution < 1.29 is 4.79 Å². The molecule has 0 radical (unpaired) electrons. The Hall–Kier alpha value is -2.94. The molecule has 2 heterocycles. The van der Waals surface area contributed by atoms with Gasteiger partial charge in [-0.3, -0.25) is 9.69 Å². The van der Waals surface area contributed by atoms with Crippen molar-refractivity contribution in [1.29, 1.82) is 0 Å². The highest BCUT2D eigenvalue weighted by molar-refractivity contribution is 6.40. The van der Waals surface area contributed by atoms with Gasteiger partial charge in [-0.1, -0.05) is 42.5 Å². The number of aliphatic imine (C=N–C) groups is 1. The molecule has 5 rings (SSSR count). The standard InChI is InChI=1S/C19H12N2O/c1-11-5-2-8-13-16(11)19(22)21-15-10-4-7-12-6-3-9-14(17(12)15)20-18(13)21/h2-10H,1H3. The highest BCUT2D eigenvalue weighted by atomic mass is 16.2. The molecule has 0 saturated heterocycles. The van der Waals surface area contributed by atoms with Crippen LogP contribution in [-0.2, 0) is 0 Å². The minimum Gasteiger partial charge on any atom is -0.268 e. The van der Waals surface area contributed by atoms with Gasteiger partial charge in [-0.2, -0.15) is 0 Å². The maximum absolute atomic E-state index is 12.9. The molecule has 3 aromatic rings. The van der Waals surface area contributed by atoms with Crippen LogP contribution in [0.4, 0.5) is 11.4 Å². The van der Waals surface area contributed by atoms with E-state index >= 15 is 0 Å². The summed E-state index contributed by atoms with van der Waals surface area (Å²) < 4.78 is 0. The summed E-state index contributed by atoms with van der Waals surface area (Å²) in [5.74, 6) is 0.767. The third-order valence-corrected chi connectivity index (χ3v) is 4.47. The normalized spacial score (nSPS) is 14.9. The molecule has 0 N–H and O–H groups in total. The SMILES string of the molecule is Cc1cccc2c1C(=O)N1C2=Nc2cccc3cccc1c23. The lowest BCUT2D eigenvalue weighted by Gasteiger charge is -2.24. The summed E-state index contributed by atoms with van der Waals surface area (Å²) in [6, 6.07) is 18.1. The zero-order chi connectivity index (χ0) is 14.8. The molecule has 2 aliphatic heterocycles. The maximum atomic E-state index is 12.9.